The highest BCUT2D eigenvalue weighted by Gasteiger charge is 2.35. The quantitative estimate of drug-likeness (QED) is 0.700. The Kier molecular flexibility index (Phi) is 6.02. The number of urea groups is 1. The number of hydrogen-bond donors (Lipinski definition) is 2. The predicted octanol–water partition coefficient (Wildman–Crippen LogP) is 4.34. The molecule has 1 aliphatic carbocycles. The number of nitrogens with one attached hydrogen (secondary N) is 2. The fourth-order valence-electron chi connectivity index (χ4n) is 4.06. The SMILES string of the molecule is CCOC(=O)C1=C(c2ccccc2OC2CCCC2)NC(=O)N[C@@H]1c1ccccc1. The lowest BCUT2D eigenvalue weighted by atomic mass is 9.92. The van der Waals surface area contributed by atoms with Gasteiger partial charge in [0.25, 0.3) is 0 Å². The summed E-state index contributed by atoms with van der Waals surface area (Å²) in [5.41, 5.74) is 2.29. The molecule has 2 N–H and O–H groups in total. The van der Waals surface area contributed by atoms with Gasteiger partial charge in [-0.1, -0.05) is 42.5 Å². The highest BCUT2D eigenvalue weighted by atomic mass is 16.5. The van der Waals surface area contributed by atoms with Gasteiger partial charge in [-0.25, -0.2) is 9.59 Å². The summed E-state index contributed by atoms with van der Waals surface area (Å²) in [5.74, 6) is 0.194. The number of para-hydroxylation sites is 1. The van der Waals surface area contributed by atoms with Crippen LogP contribution < -0.4 is 15.4 Å². The van der Waals surface area contributed by atoms with Crippen molar-refractivity contribution in [1.82, 2.24) is 10.6 Å². The van der Waals surface area contributed by atoms with Crippen LogP contribution in [0.5, 0.6) is 5.75 Å². The maximum absolute atomic E-state index is 13.0. The van der Waals surface area contributed by atoms with E-state index >= 15 is 0 Å². The molecule has 0 spiro atoms. The number of hydrogen-bond acceptors (Lipinski definition) is 4. The van der Waals surface area contributed by atoms with Crippen molar-refractivity contribution in [3.05, 3.63) is 71.3 Å². The van der Waals surface area contributed by atoms with E-state index in [4.69, 9.17) is 9.47 Å². The number of ether oxygens (including phenoxy) is 2. The molecule has 1 fully saturated rings. The third-order valence-electron chi connectivity index (χ3n) is 5.45. The minimum absolute atomic E-state index is 0.153. The van der Waals surface area contributed by atoms with Gasteiger partial charge in [-0.3, -0.25) is 0 Å². The summed E-state index contributed by atoms with van der Waals surface area (Å²) >= 11 is 0. The number of rotatable bonds is 6. The molecule has 6 nitrogen and oxygen atoms in total. The van der Waals surface area contributed by atoms with E-state index in [0.29, 0.717) is 22.6 Å². The Morgan fingerprint density at radius 3 is 2.47 bits per heavy atom. The van der Waals surface area contributed by atoms with Crippen LogP contribution in [0.3, 0.4) is 0 Å². The fourth-order valence-corrected chi connectivity index (χ4v) is 4.06. The zero-order valence-corrected chi connectivity index (χ0v) is 17.0. The van der Waals surface area contributed by atoms with Crippen LogP contribution in [0.25, 0.3) is 5.70 Å². The van der Waals surface area contributed by atoms with Gasteiger partial charge in [-0.15, -0.1) is 0 Å². The number of carbonyl (C=O) groups is 2. The Morgan fingerprint density at radius 2 is 1.73 bits per heavy atom. The van der Waals surface area contributed by atoms with Gasteiger partial charge >= 0.3 is 12.0 Å². The first-order valence-electron chi connectivity index (χ1n) is 10.5. The molecule has 0 bridgehead atoms. The van der Waals surface area contributed by atoms with Crippen molar-refractivity contribution < 1.29 is 19.1 Å². The molecule has 30 heavy (non-hydrogen) atoms. The van der Waals surface area contributed by atoms with Crippen molar-refractivity contribution in [3.8, 4) is 5.75 Å². The van der Waals surface area contributed by atoms with Gasteiger partial charge in [0.15, 0.2) is 0 Å². The highest BCUT2D eigenvalue weighted by Crippen LogP contribution is 2.36. The summed E-state index contributed by atoms with van der Waals surface area (Å²) in [5, 5.41) is 5.70. The lowest BCUT2D eigenvalue weighted by Gasteiger charge is -2.30. The number of amides is 2. The van der Waals surface area contributed by atoms with Gasteiger partial charge in [0.05, 0.1) is 30.0 Å². The van der Waals surface area contributed by atoms with E-state index in [1.165, 1.54) is 0 Å². The molecular formula is C24H26N2O4. The summed E-state index contributed by atoms with van der Waals surface area (Å²) in [7, 11) is 0. The second-order valence-corrected chi connectivity index (χ2v) is 7.47. The van der Waals surface area contributed by atoms with Crippen LogP contribution in [0.1, 0.15) is 49.8 Å². The van der Waals surface area contributed by atoms with Crippen molar-refractivity contribution >= 4 is 17.7 Å². The maximum atomic E-state index is 13.0. The molecule has 0 aromatic heterocycles. The normalized spacial score (nSPS) is 19.2. The third kappa shape index (κ3) is 4.17. The summed E-state index contributed by atoms with van der Waals surface area (Å²) in [4.78, 5) is 25.6. The molecule has 2 aliphatic rings. The minimum atomic E-state index is -0.617. The van der Waals surface area contributed by atoms with Crippen molar-refractivity contribution in [2.24, 2.45) is 0 Å². The molecule has 156 valence electrons. The van der Waals surface area contributed by atoms with E-state index < -0.39 is 12.0 Å². The van der Waals surface area contributed by atoms with Gasteiger partial charge < -0.3 is 20.1 Å². The molecule has 2 amide bonds. The topological polar surface area (TPSA) is 76.7 Å². The Hall–Kier alpha value is -3.28. The van der Waals surface area contributed by atoms with E-state index in [1.54, 1.807) is 6.92 Å². The zero-order valence-electron chi connectivity index (χ0n) is 17.0. The van der Waals surface area contributed by atoms with Gasteiger partial charge in [0.1, 0.15) is 5.75 Å². The highest BCUT2D eigenvalue weighted by molar-refractivity contribution is 6.05. The summed E-state index contributed by atoms with van der Waals surface area (Å²) in [6, 6.07) is 16.0. The van der Waals surface area contributed by atoms with Crippen molar-refractivity contribution in [3.63, 3.8) is 0 Å². The van der Waals surface area contributed by atoms with E-state index in [1.807, 2.05) is 54.6 Å². The summed E-state index contributed by atoms with van der Waals surface area (Å²) < 4.78 is 11.6. The first-order chi connectivity index (χ1) is 14.7. The third-order valence-corrected chi connectivity index (χ3v) is 5.45. The van der Waals surface area contributed by atoms with E-state index in [9.17, 15) is 9.59 Å². The van der Waals surface area contributed by atoms with Gasteiger partial charge in [0.2, 0.25) is 0 Å². The molecule has 0 saturated heterocycles. The standard InChI is InChI=1S/C24H26N2O4/c1-2-29-23(27)20-21(16-10-4-3-5-11-16)25-24(28)26-22(20)18-14-8-9-15-19(18)30-17-12-6-7-13-17/h3-5,8-11,14-15,17,21H,2,6-7,12-13H2,1H3,(H2,25,26,28)/t21-/m1/s1. The Labute approximate surface area is 176 Å². The van der Waals surface area contributed by atoms with Crippen molar-refractivity contribution in [2.45, 2.75) is 44.8 Å². The Morgan fingerprint density at radius 1 is 1.03 bits per heavy atom. The van der Waals surface area contributed by atoms with Crippen LogP contribution in [0.15, 0.2) is 60.2 Å². The minimum Gasteiger partial charge on any atom is -0.490 e. The number of esters is 1. The van der Waals surface area contributed by atoms with Crippen LogP contribution >= 0.6 is 0 Å². The lowest BCUT2D eigenvalue weighted by molar-refractivity contribution is -0.138. The van der Waals surface area contributed by atoms with Crippen LogP contribution in [0.2, 0.25) is 0 Å². The van der Waals surface area contributed by atoms with Crippen molar-refractivity contribution in [2.75, 3.05) is 6.61 Å². The Balaban J connectivity index is 1.83. The number of benzene rings is 2. The first-order valence-corrected chi connectivity index (χ1v) is 10.5. The molecule has 0 unspecified atom stereocenters. The molecule has 1 saturated carbocycles. The van der Waals surface area contributed by atoms with Gasteiger partial charge in [-0.05, 0) is 50.3 Å². The van der Waals surface area contributed by atoms with E-state index in [2.05, 4.69) is 10.6 Å². The zero-order chi connectivity index (χ0) is 20.9. The molecule has 2 aromatic rings. The average Bonchev–Trinajstić information content (AvgIpc) is 3.27. The molecule has 1 atom stereocenters. The molecule has 0 radical (unpaired) electrons. The van der Waals surface area contributed by atoms with Crippen LogP contribution in [0, 0.1) is 0 Å². The van der Waals surface area contributed by atoms with E-state index in [0.717, 1.165) is 31.2 Å². The summed E-state index contributed by atoms with van der Waals surface area (Å²) in [6.45, 7) is 2.01. The van der Waals surface area contributed by atoms with Crippen LogP contribution in [-0.4, -0.2) is 24.7 Å². The monoisotopic (exact) mass is 406 g/mol. The summed E-state index contributed by atoms with van der Waals surface area (Å²) in [6.07, 6.45) is 4.48. The number of carbonyl (C=O) groups excluding carboxylic acids is 2. The molecule has 1 aliphatic heterocycles. The molecule has 4 rings (SSSR count). The van der Waals surface area contributed by atoms with Crippen molar-refractivity contribution in [1.29, 1.82) is 0 Å². The molecule has 2 aromatic carbocycles. The largest absolute Gasteiger partial charge is 0.490 e. The molecular weight excluding hydrogens is 380 g/mol. The molecule has 1 heterocycles. The second-order valence-electron chi connectivity index (χ2n) is 7.47. The predicted molar refractivity (Wildman–Crippen MR) is 114 cm³/mol. The van der Waals surface area contributed by atoms with Gasteiger partial charge in [-0.2, -0.15) is 0 Å². The van der Waals surface area contributed by atoms with Gasteiger partial charge in [0, 0.05) is 5.56 Å². The Bertz CT molecular complexity index is 949. The van der Waals surface area contributed by atoms with E-state index in [-0.39, 0.29) is 18.7 Å². The first kappa shape index (κ1) is 20.0. The maximum Gasteiger partial charge on any atom is 0.338 e. The lowest BCUT2D eigenvalue weighted by Crippen LogP contribution is -2.45. The van der Waals surface area contributed by atoms with Crippen LogP contribution in [-0.2, 0) is 9.53 Å². The smallest absolute Gasteiger partial charge is 0.338 e. The fraction of sp³-hybridized carbons (Fsp3) is 0.333. The second kappa shape index (κ2) is 9.03. The van der Waals surface area contributed by atoms with Crippen LogP contribution in [0.4, 0.5) is 4.79 Å². The molecule has 6 heteroatoms. The average molecular weight is 406 g/mol.